The molecule has 4 rings (SSSR count). The highest BCUT2D eigenvalue weighted by Crippen LogP contribution is 2.24. The first-order chi connectivity index (χ1) is 13.2. The van der Waals surface area contributed by atoms with Gasteiger partial charge in [-0.2, -0.15) is 0 Å². The van der Waals surface area contributed by atoms with Gasteiger partial charge >= 0.3 is 0 Å². The van der Waals surface area contributed by atoms with Gasteiger partial charge in [-0.25, -0.2) is 15.0 Å². The Hall–Kier alpha value is -3.29. The molecule has 1 aliphatic heterocycles. The normalized spacial score (nSPS) is 16.9. The number of piperidine rings is 1. The molecule has 0 unspecified atom stereocenters. The van der Waals surface area contributed by atoms with E-state index in [4.69, 9.17) is 9.47 Å². The molecule has 1 amide bonds. The number of carbonyl (C=O) groups is 1. The van der Waals surface area contributed by atoms with Gasteiger partial charge in [0.2, 0.25) is 0 Å². The van der Waals surface area contributed by atoms with Gasteiger partial charge in [0.1, 0.15) is 11.8 Å². The van der Waals surface area contributed by atoms with E-state index in [9.17, 15) is 4.79 Å². The van der Waals surface area contributed by atoms with Gasteiger partial charge in [-0.15, -0.1) is 0 Å². The topological polar surface area (TPSA) is 90.3 Å². The summed E-state index contributed by atoms with van der Waals surface area (Å²) in [7, 11) is 1.52. The number of benzene rings is 1. The van der Waals surface area contributed by atoms with Crippen molar-refractivity contribution in [3.05, 3.63) is 48.5 Å². The minimum atomic E-state index is -0.179. The zero-order valence-corrected chi connectivity index (χ0v) is 14.9. The maximum atomic E-state index is 12.9. The van der Waals surface area contributed by atoms with Crippen LogP contribution < -0.4 is 9.47 Å². The van der Waals surface area contributed by atoms with Crippen LogP contribution in [0.4, 0.5) is 0 Å². The van der Waals surface area contributed by atoms with Crippen molar-refractivity contribution in [2.24, 2.45) is 0 Å². The lowest BCUT2D eigenvalue weighted by atomic mass is 10.1. The largest absolute Gasteiger partial charge is 0.477 e. The van der Waals surface area contributed by atoms with Gasteiger partial charge in [0.15, 0.2) is 0 Å². The maximum absolute atomic E-state index is 12.9. The smallest absolute Gasteiger partial charge is 0.278 e. The Bertz CT molecular complexity index is 965. The molecule has 8 nitrogen and oxygen atoms in total. The second-order valence-electron chi connectivity index (χ2n) is 6.25. The first kappa shape index (κ1) is 17.1. The van der Waals surface area contributed by atoms with Crippen LogP contribution in [0.25, 0.3) is 11.0 Å². The fraction of sp³-hybridized carbons (Fsp3) is 0.316. The van der Waals surface area contributed by atoms with E-state index in [1.807, 2.05) is 24.3 Å². The summed E-state index contributed by atoms with van der Waals surface area (Å²) in [4.78, 5) is 31.7. The molecule has 3 heterocycles. The van der Waals surface area contributed by atoms with Crippen LogP contribution in [0.5, 0.6) is 11.8 Å². The Morgan fingerprint density at radius 2 is 1.89 bits per heavy atom. The molecule has 0 saturated carbocycles. The maximum Gasteiger partial charge on any atom is 0.278 e. The molecule has 0 spiro atoms. The van der Waals surface area contributed by atoms with Gasteiger partial charge in [-0.1, -0.05) is 12.1 Å². The number of methoxy groups -OCH3 is 1. The van der Waals surface area contributed by atoms with Gasteiger partial charge in [0.05, 0.1) is 30.9 Å². The summed E-state index contributed by atoms with van der Waals surface area (Å²) >= 11 is 0. The first-order valence-corrected chi connectivity index (χ1v) is 8.77. The van der Waals surface area contributed by atoms with Gasteiger partial charge < -0.3 is 14.4 Å². The SMILES string of the molecule is COc1nccnc1O[C@H]1CCCN(C(=O)c2cnc3ccccc3n2)C1. The van der Waals surface area contributed by atoms with Crippen molar-refractivity contribution in [1.82, 2.24) is 24.8 Å². The number of fused-ring (bicyclic) bond motifs is 1. The van der Waals surface area contributed by atoms with Crippen LogP contribution in [-0.4, -0.2) is 57.0 Å². The van der Waals surface area contributed by atoms with Crippen molar-refractivity contribution in [1.29, 1.82) is 0 Å². The summed E-state index contributed by atoms with van der Waals surface area (Å²) < 4.78 is 11.1. The molecular weight excluding hydrogens is 346 g/mol. The first-order valence-electron chi connectivity index (χ1n) is 8.77. The van der Waals surface area contributed by atoms with E-state index < -0.39 is 0 Å². The zero-order valence-electron chi connectivity index (χ0n) is 14.9. The molecule has 0 aliphatic carbocycles. The summed E-state index contributed by atoms with van der Waals surface area (Å²) in [6, 6.07) is 7.49. The zero-order chi connectivity index (χ0) is 18.6. The molecule has 8 heteroatoms. The summed E-state index contributed by atoms with van der Waals surface area (Å²) in [5, 5.41) is 0. The molecule has 1 fully saturated rings. The highest BCUT2D eigenvalue weighted by molar-refractivity contribution is 5.93. The molecule has 138 valence electrons. The van der Waals surface area contributed by atoms with Gasteiger partial charge in [0, 0.05) is 18.9 Å². The Morgan fingerprint density at radius 3 is 2.70 bits per heavy atom. The second-order valence-corrected chi connectivity index (χ2v) is 6.25. The number of amides is 1. The van der Waals surface area contributed by atoms with Crippen LogP contribution in [0.2, 0.25) is 0 Å². The van der Waals surface area contributed by atoms with Crippen molar-refractivity contribution >= 4 is 16.9 Å². The number of hydrogen-bond acceptors (Lipinski definition) is 7. The molecule has 1 atom stereocenters. The molecule has 1 saturated heterocycles. The number of rotatable bonds is 4. The number of aromatic nitrogens is 4. The van der Waals surface area contributed by atoms with Crippen LogP contribution in [-0.2, 0) is 0 Å². The van der Waals surface area contributed by atoms with Crippen molar-refractivity contribution in [2.75, 3.05) is 20.2 Å². The Balaban J connectivity index is 1.49. The van der Waals surface area contributed by atoms with E-state index in [1.54, 1.807) is 17.3 Å². The lowest BCUT2D eigenvalue weighted by Crippen LogP contribution is -2.44. The van der Waals surface area contributed by atoms with Crippen molar-refractivity contribution < 1.29 is 14.3 Å². The summed E-state index contributed by atoms with van der Waals surface area (Å²) in [5.41, 5.74) is 1.81. The number of hydrogen-bond donors (Lipinski definition) is 0. The molecule has 1 aromatic carbocycles. The van der Waals surface area contributed by atoms with E-state index >= 15 is 0 Å². The average molecular weight is 365 g/mol. The quantitative estimate of drug-likeness (QED) is 0.699. The highest BCUT2D eigenvalue weighted by Gasteiger charge is 2.27. The highest BCUT2D eigenvalue weighted by atomic mass is 16.5. The molecule has 1 aliphatic rings. The van der Waals surface area contributed by atoms with Crippen molar-refractivity contribution in [2.45, 2.75) is 18.9 Å². The van der Waals surface area contributed by atoms with Gasteiger partial charge in [0.25, 0.3) is 17.7 Å². The Labute approximate surface area is 156 Å². The van der Waals surface area contributed by atoms with E-state index in [1.165, 1.54) is 13.3 Å². The second kappa shape index (κ2) is 7.53. The molecule has 3 aromatic rings. The van der Waals surface area contributed by atoms with Crippen LogP contribution in [0.15, 0.2) is 42.9 Å². The third-order valence-electron chi connectivity index (χ3n) is 4.44. The molecule has 0 N–H and O–H groups in total. The summed E-state index contributed by atoms with van der Waals surface area (Å²) in [6.45, 7) is 1.11. The number of para-hydroxylation sites is 2. The van der Waals surface area contributed by atoms with Gasteiger partial charge in [-0.3, -0.25) is 9.78 Å². The molecule has 27 heavy (non-hydrogen) atoms. The predicted molar refractivity (Wildman–Crippen MR) is 97.7 cm³/mol. The fourth-order valence-electron chi connectivity index (χ4n) is 3.13. The minimum Gasteiger partial charge on any atom is -0.477 e. The molecular formula is C19H19N5O3. The molecule has 0 bridgehead atoms. The van der Waals surface area contributed by atoms with Crippen molar-refractivity contribution in [3.8, 4) is 11.8 Å². The van der Waals surface area contributed by atoms with Crippen LogP contribution in [0, 0.1) is 0 Å². The molecule has 0 radical (unpaired) electrons. The minimum absolute atomic E-state index is 0.146. The van der Waals surface area contributed by atoms with Gasteiger partial charge in [-0.05, 0) is 25.0 Å². The van der Waals surface area contributed by atoms with Crippen molar-refractivity contribution in [3.63, 3.8) is 0 Å². The van der Waals surface area contributed by atoms with E-state index in [0.717, 1.165) is 18.4 Å². The van der Waals surface area contributed by atoms with Crippen LogP contribution >= 0.6 is 0 Å². The number of nitrogens with zero attached hydrogens (tertiary/aromatic N) is 5. The van der Waals surface area contributed by atoms with Crippen LogP contribution in [0.3, 0.4) is 0 Å². The lowest BCUT2D eigenvalue weighted by molar-refractivity contribution is 0.0514. The summed E-state index contributed by atoms with van der Waals surface area (Å²) in [6.07, 6.45) is 6.10. The number of carbonyl (C=O) groups excluding carboxylic acids is 1. The summed E-state index contributed by atoms with van der Waals surface area (Å²) in [5.74, 6) is 0.527. The third kappa shape index (κ3) is 3.64. The van der Waals surface area contributed by atoms with Crippen LogP contribution in [0.1, 0.15) is 23.3 Å². The Morgan fingerprint density at radius 1 is 1.11 bits per heavy atom. The standard InChI is InChI=1S/C19H19N5O3/c1-26-17-18(21-9-8-20-17)27-13-5-4-10-24(12-13)19(25)16-11-22-14-6-2-3-7-15(14)23-16/h2-3,6-9,11,13H,4-5,10,12H2,1H3/t13-/m0/s1. The lowest BCUT2D eigenvalue weighted by Gasteiger charge is -2.32. The molecule has 2 aromatic heterocycles. The third-order valence-corrected chi connectivity index (χ3v) is 4.44. The van der Waals surface area contributed by atoms with E-state index in [2.05, 4.69) is 19.9 Å². The average Bonchev–Trinajstić information content (AvgIpc) is 2.73. The predicted octanol–water partition coefficient (Wildman–Crippen LogP) is 2.11. The fourth-order valence-corrected chi connectivity index (χ4v) is 3.13. The van der Waals surface area contributed by atoms with E-state index in [0.29, 0.717) is 36.1 Å². The Kier molecular flexibility index (Phi) is 4.78. The number of ether oxygens (including phenoxy) is 2. The monoisotopic (exact) mass is 365 g/mol. The number of likely N-dealkylation sites (tertiary alicyclic amines) is 1. The van der Waals surface area contributed by atoms with E-state index in [-0.39, 0.29) is 12.0 Å².